The van der Waals surface area contributed by atoms with Crippen LogP contribution in [0.4, 0.5) is 0 Å². The number of aromatic hydroxyl groups is 1. The van der Waals surface area contributed by atoms with Gasteiger partial charge in [0, 0.05) is 17.5 Å². The van der Waals surface area contributed by atoms with Crippen molar-refractivity contribution in [2.24, 2.45) is 11.3 Å². The maximum Gasteiger partial charge on any atom is 0.172 e. The summed E-state index contributed by atoms with van der Waals surface area (Å²) in [5.74, 6) is 0.681. The van der Waals surface area contributed by atoms with Crippen LogP contribution < -0.4 is 0 Å². The first kappa shape index (κ1) is 21.7. The third-order valence-electron chi connectivity index (χ3n) is 6.19. The highest BCUT2D eigenvalue weighted by Gasteiger charge is 2.31. The van der Waals surface area contributed by atoms with E-state index in [0.717, 1.165) is 31.5 Å². The van der Waals surface area contributed by atoms with E-state index in [1.807, 2.05) is 26.8 Å². The molecule has 0 saturated carbocycles. The minimum absolute atomic E-state index is 0.00586. The van der Waals surface area contributed by atoms with Gasteiger partial charge in [0.15, 0.2) is 5.78 Å². The fourth-order valence-electron chi connectivity index (χ4n) is 3.15. The minimum Gasteiger partial charge on any atom is -0.507 e. The smallest absolute Gasteiger partial charge is 0.172 e. The molecule has 0 heterocycles. The van der Waals surface area contributed by atoms with Gasteiger partial charge in [-0.3, -0.25) is 9.69 Å². The molecule has 0 aromatic heterocycles. The molecule has 3 heteroatoms. The fraction of sp³-hybridized carbons (Fsp3) is 0.682. The highest BCUT2D eigenvalue weighted by Crippen LogP contribution is 2.32. The van der Waals surface area contributed by atoms with Crippen LogP contribution in [0.1, 0.15) is 84.2 Å². The van der Waals surface area contributed by atoms with Crippen molar-refractivity contribution in [3.63, 3.8) is 0 Å². The third kappa shape index (κ3) is 4.84. The largest absolute Gasteiger partial charge is 0.507 e. The van der Waals surface area contributed by atoms with Gasteiger partial charge in [0.2, 0.25) is 0 Å². The van der Waals surface area contributed by atoms with Crippen molar-refractivity contribution in [1.29, 1.82) is 0 Å². The average molecular weight is 348 g/mol. The summed E-state index contributed by atoms with van der Waals surface area (Å²) >= 11 is 0. The highest BCUT2D eigenvalue weighted by atomic mass is 16.3. The van der Waals surface area contributed by atoms with E-state index >= 15 is 0 Å². The van der Waals surface area contributed by atoms with Crippen LogP contribution in [0.5, 0.6) is 5.75 Å². The molecule has 0 aliphatic heterocycles. The first-order valence-electron chi connectivity index (χ1n) is 9.62. The molecule has 0 radical (unpaired) electrons. The van der Waals surface area contributed by atoms with Gasteiger partial charge in [0.05, 0.1) is 5.56 Å². The van der Waals surface area contributed by atoms with Crippen molar-refractivity contribution in [2.45, 2.75) is 80.3 Å². The molecular formula is C22H37NO2. The third-order valence-corrected chi connectivity index (χ3v) is 6.19. The maximum atomic E-state index is 12.6. The summed E-state index contributed by atoms with van der Waals surface area (Å²) in [4.78, 5) is 15.1. The number of rotatable bonds is 9. The molecule has 0 fully saturated rings. The van der Waals surface area contributed by atoms with E-state index in [1.54, 1.807) is 12.1 Å². The van der Waals surface area contributed by atoms with Crippen molar-refractivity contribution < 1.29 is 9.90 Å². The zero-order valence-corrected chi connectivity index (χ0v) is 17.4. The summed E-state index contributed by atoms with van der Waals surface area (Å²) in [6.45, 7) is 18.8. The average Bonchev–Trinajstić information content (AvgIpc) is 2.58. The molecule has 3 nitrogen and oxygen atoms in total. The van der Waals surface area contributed by atoms with Crippen molar-refractivity contribution >= 4 is 5.78 Å². The van der Waals surface area contributed by atoms with E-state index in [4.69, 9.17) is 0 Å². The summed E-state index contributed by atoms with van der Waals surface area (Å²) in [6, 6.07) is 5.52. The molecule has 0 aliphatic carbocycles. The van der Waals surface area contributed by atoms with E-state index in [1.165, 1.54) is 0 Å². The van der Waals surface area contributed by atoms with Crippen LogP contribution in [-0.4, -0.2) is 27.9 Å². The molecule has 1 rings (SSSR count). The van der Waals surface area contributed by atoms with Crippen LogP contribution in [0.25, 0.3) is 0 Å². The molecule has 1 unspecified atom stereocenters. The van der Waals surface area contributed by atoms with Gasteiger partial charge < -0.3 is 5.11 Å². The lowest BCUT2D eigenvalue weighted by molar-refractivity contribution is 0.0651. The van der Waals surface area contributed by atoms with E-state index in [2.05, 4.69) is 39.5 Å². The summed E-state index contributed by atoms with van der Waals surface area (Å²) in [6.07, 6.45) is 1.88. The first-order valence-corrected chi connectivity index (χ1v) is 9.62. The molecule has 0 saturated heterocycles. The van der Waals surface area contributed by atoms with Crippen LogP contribution in [0.15, 0.2) is 18.2 Å². The lowest BCUT2D eigenvalue weighted by atomic mass is 9.81. The molecule has 0 amide bonds. The quantitative estimate of drug-likeness (QED) is 0.586. The summed E-state index contributed by atoms with van der Waals surface area (Å²) < 4.78 is 0. The number of carbonyl (C=O) groups is 1. The molecule has 0 bridgehead atoms. The predicted molar refractivity (Wildman–Crippen MR) is 106 cm³/mol. The summed E-state index contributed by atoms with van der Waals surface area (Å²) in [5.41, 5.74) is 1.10. The van der Waals surface area contributed by atoms with Crippen LogP contribution in [-0.2, 0) is 6.54 Å². The van der Waals surface area contributed by atoms with Gasteiger partial charge in [-0.2, -0.15) is 0 Å². The first-order chi connectivity index (χ1) is 11.5. The van der Waals surface area contributed by atoms with Gasteiger partial charge in [-0.25, -0.2) is 0 Å². The molecule has 1 aromatic carbocycles. The molecule has 142 valence electrons. The number of hydrogen-bond donors (Lipinski definition) is 1. The number of ketones is 1. The second kappa shape index (κ2) is 8.35. The van der Waals surface area contributed by atoms with Gasteiger partial charge >= 0.3 is 0 Å². The Labute approximate surface area is 154 Å². The monoisotopic (exact) mass is 347 g/mol. The molecule has 25 heavy (non-hydrogen) atoms. The summed E-state index contributed by atoms with van der Waals surface area (Å²) in [5, 5.41) is 10.4. The Balaban J connectivity index is 3.06. The van der Waals surface area contributed by atoms with Gasteiger partial charge in [-0.05, 0) is 50.4 Å². The molecular weight excluding hydrogens is 310 g/mol. The zero-order chi connectivity index (χ0) is 19.4. The van der Waals surface area contributed by atoms with Gasteiger partial charge in [0.1, 0.15) is 5.75 Å². The number of hydrogen-bond acceptors (Lipinski definition) is 3. The van der Waals surface area contributed by atoms with Crippen LogP contribution in [0, 0.1) is 11.3 Å². The van der Waals surface area contributed by atoms with Crippen LogP contribution in [0.3, 0.4) is 0 Å². The lowest BCUT2D eigenvalue weighted by Crippen LogP contribution is -2.47. The Hall–Kier alpha value is -1.35. The van der Waals surface area contributed by atoms with E-state index < -0.39 is 5.41 Å². The number of nitrogens with zero attached hydrogens (tertiary/aromatic N) is 1. The number of benzene rings is 1. The van der Waals surface area contributed by atoms with Crippen molar-refractivity contribution in [1.82, 2.24) is 4.90 Å². The number of phenols is 1. The molecule has 0 aliphatic rings. The fourth-order valence-corrected chi connectivity index (χ4v) is 3.15. The van der Waals surface area contributed by atoms with Crippen LogP contribution >= 0.6 is 0 Å². The Kier molecular flexibility index (Phi) is 7.25. The highest BCUT2D eigenvalue weighted by molar-refractivity contribution is 6.02. The second-order valence-corrected chi connectivity index (χ2v) is 8.40. The Morgan fingerprint density at radius 3 is 2.20 bits per heavy atom. The molecule has 1 aromatic rings. The second-order valence-electron chi connectivity index (χ2n) is 8.40. The van der Waals surface area contributed by atoms with Crippen molar-refractivity contribution in [3.8, 4) is 5.75 Å². The minimum atomic E-state index is -0.451. The van der Waals surface area contributed by atoms with Gasteiger partial charge in [-0.1, -0.05) is 54.0 Å². The zero-order valence-electron chi connectivity index (χ0n) is 17.4. The van der Waals surface area contributed by atoms with E-state index in [9.17, 15) is 9.90 Å². The lowest BCUT2D eigenvalue weighted by Gasteiger charge is -2.42. The molecule has 1 atom stereocenters. The van der Waals surface area contributed by atoms with Crippen molar-refractivity contribution in [2.75, 3.05) is 6.54 Å². The van der Waals surface area contributed by atoms with Gasteiger partial charge in [-0.15, -0.1) is 0 Å². The van der Waals surface area contributed by atoms with Crippen LogP contribution in [0.2, 0.25) is 0 Å². The summed E-state index contributed by atoms with van der Waals surface area (Å²) in [7, 11) is 0. The Morgan fingerprint density at radius 1 is 1.16 bits per heavy atom. The molecule has 1 N–H and O–H groups in total. The van der Waals surface area contributed by atoms with E-state index in [-0.39, 0.29) is 17.1 Å². The van der Waals surface area contributed by atoms with Gasteiger partial charge in [0.25, 0.3) is 0 Å². The predicted octanol–water partition coefficient (Wildman–Crippen LogP) is 5.66. The van der Waals surface area contributed by atoms with E-state index in [0.29, 0.717) is 11.5 Å². The topological polar surface area (TPSA) is 40.5 Å². The normalized spacial score (nSPS) is 14.0. The number of phenolic OH excluding ortho intramolecular Hbond substituents is 1. The maximum absolute atomic E-state index is 12.6. The Bertz CT molecular complexity index is 590. The number of Topliss-reactive ketones (excluding diaryl/α,β-unsaturated/α-hetero) is 1. The standard InChI is InChI=1S/C22H37NO2/c1-9-16(4)22(7,8)23(11-3)15-17-12-13-18(19(24)14-17)20(25)21(5,6)10-2/h12-14,16,24H,9-11,15H2,1-8H3. The number of carbonyl (C=O) groups excluding carboxylic acids is 1. The molecule has 0 spiro atoms. The SMILES string of the molecule is CCC(C)C(C)(C)N(CC)Cc1ccc(C(=O)C(C)(C)CC)c(O)c1. The van der Waals surface area contributed by atoms with Crippen molar-refractivity contribution in [3.05, 3.63) is 29.3 Å². The Morgan fingerprint density at radius 2 is 1.76 bits per heavy atom.